The van der Waals surface area contributed by atoms with Crippen LogP contribution in [-0.4, -0.2) is 11.1 Å². The molecule has 0 fully saturated rings. The summed E-state index contributed by atoms with van der Waals surface area (Å²) in [6, 6.07) is 0. The highest BCUT2D eigenvalue weighted by Crippen LogP contribution is 2.16. The van der Waals surface area contributed by atoms with Crippen LogP contribution in [0.5, 0.6) is 0 Å². The van der Waals surface area contributed by atoms with Crippen molar-refractivity contribution >= 4 is 5.97 Å². The first kappa shape index (κ1) is 11.2. The molecule has 0 bridgehead atoms. The van der Waals surface area contributed by atoms with Crippen LogP contribution < -0.4 is 0 Å². The van der Waals surface area contributed by atoms with E-state index in [0.29, 0.717) is 12.3 Å². The summed E-state index contributed by atoms with van der Waals surface area (Å²) >= 11 is 0. The number of rotatable bonds is 5. The number of allylic oxidation sites excluding steroid dienone is 2. The van der Waals surface area contributed by atoms with Gasteiger partial charge >= 0.3 is 5.97 Å². The molecule has 0 saturated heterocycles. The molecule has 0 amide bonds. The molecular weight excluding hydrogens is 152 g/mol. The van der Waals surface area contributed by atoms with Gasteiger partial charge in [0, 0.05) is 6.42 Å². The molecule has 0 aliphatic rings. The second-order valence-corrected chi connectivity index (χ2v) is 3.22. The van der Waals surface area contributed by atoms with Crippen LogP contribution in [0, 0.1) is 5.92 Å². The van der Waals surface area contributed by atoms with E-state index in [1.54, 1.807) is 0 Å². The molecule has 0 aliphatic heterocycles. The Bertz CT molecular complexity index is 171. The van der Waals surface area contributed by atoms with E-state index in [9.17, 15) is 4.79 Å². The molecule has 0 aliphatic carbocycles. The van der Waals surface area contributed by atoms with Gasteiger partial charge in [-0.15, -0.1) is 0 Å². The summed E-state index contributed by atoms with van der Waals surface area (Å²) in [7, 11) is 0. The standard InChI is InChI=1S/C10H18O2/c1-4-8(2)9(3)6-5-7-10(11)12/h4,9H,5-7H2,1-3H3,(H,11,12)/b8-4+. The molecule has 1 atom stereocenters. The van der Waals surface area contributed by atoms with Gasteiger partial charge in [0.1, 0.15) is 0 Å². The van der Waals surface area contributed by atoms with Gasteiger partial charge in [-0.2, -0.15) is 0 Å². The van der Waals surface area contributed by atoms with E-state index in [1.807, 2.05) is 6.92 Å². The SMILES string of the molecule is C/C=C(\C)C(C)CCCC(=O)O. The summed E-state index contributed by atoms with van der Waals surface area (Å²) in [5.74, 6) is -0.172. The van der Waals surface area contributed by atoms with Gasteiger partial charge in [0.2, 0.25) is 0 Å². The van der Waals surface area contributed by atoms with Crippen molar-refractivity contribution in [2.75, 3.05) is 0 Å². The minimum Gasteiger partial charge on any atom is -0.481 e. The molecule has 1 unspecified atom stereocenters. The molecular formula is C10H18O2. The summed E-state index contributed by atoms with van der Waals surface area (Å²) in [5, 5.41) is 8.41. The Kier molecular flexibility index (Phi) is 5.43. The van der Waals surface area contributed by atoms with E-state index in [4.69, 9.17) is 5.11 Å². The Morgan fingerprint density at radius 1 is 1.58 bits per heavy atom. The van der Waals surface area contributed by atoms with Crippen molar-refractivity contribution in [2.24, 2.45) is 5.92 Å². The zero-order valence-electron chi connectivity index (χ0n) is 8.13. The van der Waals surface area contributed by atoms with E-state index in [1.165, 1.54) is 5.57 Å². The van der Waals surface area contributed by atoms with E-state index in [-0.39, 0.29) is 0 Å². The highest BCUT2D eigenvalue weighted by atomic mass is 16.4. The molecule has 12 heavy (non-hydrogen) atoms. The Labute approximate surface area is 74.3 Å². The van der Waals surface area contributed by atoms with Crippen LogP contribution in [0.25, 0.3) is 0 Å². The minimum absolute atomic E-state index is 0.293. The van der Waals surface area contributed by atoms with Gasteiger partial charge in [-0.25, -0.2) is 0 Å². The maximum absolute atomic E-state index is 10.2. The molecule has 0 saturated carbocycles. The fourth-order valence-electron chi connectivity index (χ4n) is 1.07. The monoisotopic (exact) mass is 170 g/mol. The summed E-state index contributed by atoms with van der Waals surface area (Å²) in [6.07, 6.45) is 4.14. The van der Waals surface area contributed by atoms with Gasteiger partial charge in [0.25, 0.3) is 0 Å². The topological polar surface area (TPSA) is 37.3 Å². The van der Waals surface area contributed by atoms with Crippen LogP contribution in [0.2, 0.25) is 0 Å². The Balaban J connectivity index is 3.57. The van der Waals surface area contributed by atoms with E-state index >= 15 is 0 Å². The molecule has 0 heterocycles. The third-order valence-electron chi connectivity index (χ3n) is 2.26. The predicted octanol–water partition coefficient (Wildman–Crippen LogP) is 2.84. The smallest absolute Gasteiger partial charge is 0.303 e. The second-order valence-electron chi connectivity index (χ2n) is 3.22. The molecule has 0 rings (SSSR count). The maximum atomic E-state index is 10.2. The van der Waals surface area contributed by atoms with Gasteiger partial charge in [-0.1, -0.05) is 18.6 Å². The Morgan fingerprint density at radius 3 is 2.58 bits per heavy atom. The quantitative estimate of drug-likeness (QED) is 0.644. The number of hydrogen-bond acceptors (Lipinski definition) is 1. The van der Waals surface area contributed by atoms with Crippen molar-refractivity contribution in [1.29, 1.82) is 0 Å². The number of carbonyl (C=O) groups is 1. The predicted molar refractivity (Wildman–Crippen MR) is 50.1 cm³/mol. The van der Waals surface area contributed by atoms with Crippen molar-refractivity contribution < 1.29 is 9.90 Å². The van der Waals surface area contributed by atoms with E-state index in [0.717, 1.165) is 12.8 Å². The zero-order valence-corrected chi connectivity index (χ0v) is 8.13. The molecule has 0 aromatic carbocycles. The third-order valence-corrected chi connectivity index (χ3v) is 2.26. The Morgan fingerprint density at radius 2 is 2.17 bits per heavy atom. The molecule has 0 radical (unpaired) electrons. The van der Waals surface area contributed by atoms with Gasteiger partial charge in [0.05, 0.1) is 0 Å². The summed E-state index contributed by atoms with van der Waals surface area (Å²) in [6.45, 7) is 6.24. The maximum Gasteiger partial charge on any atom is 0.303 e. The highest BCUT2D eigenvalue weighted by Gasteiger charge is 2.04. The van der Waals surface area contributed by atoms with Crippen LogP contribution >= 0.6 is 0 Å². The molecule has 1 N–H and O–H groups in total. The molecule has 70 valence electrons. The van der Waals surface area contributed by atoms with Crippen molar-refractivity contribution in [3.05, 3.63) is 11.6 Å². The van der Waals surface area contributed by atoms with Gasteiger partial charge in [-0.05, 0) is 32.6 Å². The van der Waals surface area contributed by atoms with Crippen LogP contribution in [0.1, 0.15) is 40.0 Å². The number of hydrogen-bond donors (Lipinski definition) is 1. The fraction of sp³-hybridized carbons (Fsp3) is 0.700. The minimum atomic E-state index is -0.694. The van der Waals surface area contributed by atoms with Crippen LogP contribution in [-0.2, 0) is 4.79 Å². The fourth-order valence-corrected chi connectivity index (χ4v) is 1.07. The Hall–Kier alpha value is -0.790. The molecule has 2 nitrogen and oxygen atoms in total. The average molecular weight is 170 g/mol. The largest absolute Gasteiger partial charge is 0.481 e. The van der Waals surface area contributed by atoms with Crippen molar-refractivity contribution in [1.82, 2.24) is 0 Å². The molecule has 2 heteroatoms. The first-order chi connectivity index (χ1) is 5.57. The molecule has 0 spiro atoms. The summed E-state index contributed by atoms with van der Waals surface area (Å²) in [4.78, 5) is 10.2. The number of carboxylic acid groups (broad SMARTS) is 1. The van der Waals surface area contributed by atoms with Gasteiger partial charge in [0.15, 0.2) is 0 Å². The van der Waals surface area contributed by atoms with Gasteiger partial charge < -0.3 is 5.11 Å². The zero-order chi connectivity index (χ0) is 9.56. The summed E-state index contributed by atoms with van der Waals surface area (Å²) in [5.41, 5.74) is 1.35. The van der Waals surface area contributed by atoms with E-state index < -0.39 is 5.97 Å². The molecule has 0 aromatic heterocycles. The van der Waals surface area contributed by atoms with Crippen LogP contribution in [0.3, 0.4) is 0 Å². The highest BCUT2D eigenvalue weighted by molar-refractivity contribution is 5.66. The number of aliphatic carboxylic acids is 1. The first-order valence-corrected chi connectivity index (χ1v) is 4.42. The lowest BCUT2D eigenvalue weighted by molar-refractivity contribution is -0.137. The lowest BCUT2D eigenvalue weighted by Gasteiger charge is -2.10. The van der Waals surface area contributed by atoms with E-state index in [2.05, 4.69) is 19.9 Å². The third kappa shape index (κ3) is 4.94. The van der Waals surface area contributed by atoms with Crippen molar-refractivity contribution in [3.63, 3.8) is 0 Å². The van der Waals surface area contributed by atoms with Gasteiger partial charge in [-0.3, -0.25) is 4.79 Å². The first-order valence-electron chi connectivity index (χ1n) is 4.42. The van der Waals surface area contributed by atoms with Crippen LogP contribution in [0.4, 0.5) is 0 Å². The summed E-state index contributed by atoms with van der Waals surface area (Å²) < 4.78 is 0. The number of carboxylic acids is 1. The lowest BCUT2D eigenvalue weighted by atomic mass is 9.96. The van der Waals surface area contributed by atoms with Crippen LogP contribution in [0.15, 0.2) is 11.6 Å². The normalized spacial score (nSPS) is 14.4. The average Bonchev–Trinajstić information content (AvgIpc) is 2.02. The van der Waals surface area contributed by atoms with Crippen molar-refractivity contribution in [3.8, 4) is 0 Å². The lowest BCUT2D eigenvalue weighted by Crippen LogP contribution is -1.99. The second kappa shape index (κ2) is 5.81. The molecule has 0 aromatic rings. The van der Waals surface area contributed by atoms with Crippen molar-refractivity contribution in [2.45, 2.75) is 40.0 Å².